The van der Waals surface area contributed by atoms with Crippen molar-refractivity contribution in [2.75, 3.05) is 64.6 Å². The van der Waals surface area contributed by atoms with E-state index in [4.69, 9.17) is 19.2 Å². The lowest BCUT2D eigenvalue weighted by Crippen LogP contribution is -2.57. The lowest BCUT2D eigenvalue weighted by Gasteiger charge is -2.40. The van der Waals surface area contributed by atoms with Crippen LogP contribution in [0.3, 0.4) is 0 Å². The van der Waals surface area contributed by atoms with Crippen molar-refractivity contribution in [3.8, 4) is 22.8 Å². The minimum Gasteiger partial charge on any atom is -0.490 e. The number of rotatable bonds is 8. The number of ether oxygens (including phenoxy) is 3. The molecule has 0 aliphatic carbocycles. The summed E-state index contributed by atoms with van der Waals surface area (Å²) in [6, 6.07) is 4.86. The summed E-state index contributed by atoms with van der Waals surface area (Å²) >= 11 is 0. The van der Waals surface area contributed by atoms with Crippen molar-refractivity contribution >= 4 is 17.6 Å². The Kier molecular flexibility index (Phi) is 8.34. The highest BCUT2D eigenvalue weighted by Gasteiger charge is 2.47. The number of pyridine rings is 1. The molecule has 2 aromatic rings. The third-order valence-corrected chi connectivity index (χ3v) is 9.68. The Morgan fingerprint density at radius 2 is 1.96 bits per heavy atom. The monoisotopic (exact) mass is 619 g/mol. The Morgan fingerprint density at radius 1 is 1.18 bits per heavy atom. The molecule has 4 aliphatic rings. The highest BCUT2D eigenvalue weighted by Crippen LogP contribution is 2.46. The smallest absolute Gasteiger partial charge is 0.261 e. The molecule has 3 fully saturated rings. The number of benzene rings is 1. The molecule has 6 rings (SSSR count). The zero-order valence-corrected chi connectivity index (χ0v) is 26.6. The van der Waals surface area contributed by atoms with Crippen molar-refractivity contribution in [2.24, 2.45) is 0 Å². The molecule has 0 spiro atoms. The molecular formula is C34H42FN5O5. The van der Waals surface area contributed by atoms with Crippen molar-refractivity contribution in [3.05, 3.63) is 60.5 Å². The summed E-state index contributed by atoms with van der Waals surface area (Å²) in [4.78, 5) is 40.2. The molecule has 0 saturated carbocycles. The van der Waals surface area contributed by atoms with E-state index in [1.807, 2.05) is 6.92 Å². The Bertz CT molecular complexity index is 1520. The summed E-state index contributed by atoms with van der Waals surface area (Å²) in [6.45, 7) is 16.9. The molecule has 1 aromatic heterocycles. The molecule has 1 aromatic carbocycles. The van der Waals surface area contributed by atoms with Gasteiger partial charge in [-0.3, -0.25) is 14.5 Å². The summed E-state index contributed by atoms with van der Waals surface area (Å²) in [5, 5.41) is 0. The van der Waals surface area contributed by atoms with Gasteiger partial charge in [0, 0.05) is 43.3 Å². The number of piperazine rings is 1. The maximum atomic E-state index is 15.7. The van der Waals surface area contributed by atoms with Crippen LogP contribution in [0, 0.1) is 12.7 Å². The zero-order chi connectivity index (χ0) is 32.0. The number of halogens is 1. The predicted molar refractivity (Wildman–Crippen MR) is 169 cm³/mol. The fourth-order valence-corrected chi connectivity index (χ4v) is 6.99. The number of amides is 2. The summed E-state index contributed by atoms with van der Waals surface area (Å²) in [5.41, 5.74) is 1.10. The van der Waals surface area contributed by atoms with Gasteiger partial charge in [-0.15, -0.1) is 0 Å². The molecule has 0 N–H and O–H groups in total. The molecule has 240 valence electrons. The van der Waals surface area contributed by atoms with Gasteiger partial charge >= 0.3 is 0 Å². The van der Waals surface area contributed by atoms with Gasteiger partial charge in [0.2, 0.25) is 5.91 Å². The van der Waals surface area contributed by atoms with Gasteiger partial charge < -0.3 is 28.9 Å². The van der Waals surface area contributed by atoms with Gasteiger partial charge in [-0.05, 0) is 52.4 Å². The van der Waals surface area contributed by atoms with Crippen molar-refractivity contribution < 1.29 is 28.2 Å². The second-order valence-corrected chi connectivity index (χ2v) is 12.9. The highest BCUT2D eigenvalue weighted by molar-refractivity contribution is 6.04. The molecule has 1 unspecified atom stereocenters. The van der Waals surface area contributed by atoms with Crippen molar-refractivity contribution in [3.63, 3.8) is 0 Å². The van der Waals surface area contributed by atoms with E-state index in [1.54, 1.807) is 28.0 Å². The highest BCUT2D eigenvalue weighted by atomic mass is 19.1. The molecule has 4 aliphatic heterocycles. The number of anilines is 1. The molecule has 10 nitrogen and oxygen atoms in total. The van der Waals surface area contributed by atoms with Gasteiger partial charge in [-0.1, -0.05) is 25.3 Å². The van der Waals surface area contributed by atoms with Crippen molar-refractivity contribution in [2.45, 2.75) is 50.9 Å². The topological polar surface area (TPSA) is 87.7 Å². The molecule has 3 saturated heterocycles. The van der Waals surface area contributed by atoms with Crippen molar-refractivity contribution in [1.29, 1.82) is 0 Å². The van der Waals surface area contributed by atoms with Crippen LogP contribution in [0.5, 0.6) is 11.5 Å². The van der Waals surface area contributed by atoms with E-state index in [0.717, 1.165) is 6.42 Å². The van der Waals surface area contributed by atoms with E-state index in [0.29, 0.717) is 79.6 Å². The number of likely N-dealkylation sites (N-methyl/N-ethyl adjacent to an activating group) is 1. The van der Waals surface area contributed by atoms with Gasteiger partial charge in [0.05, 0.1) is 36.6 Å². The van der Waals surface area contributed by atoms with Crippen LogP contribution in [-0.2, 0) is 9.53 Å². The van der Waals surface area contributed by atoms with Crippen LogP contribution in [0.25, 0.3) is 11.3 Å². The van der Waals surface area contributed by atoms with Gasteiger partial charge in [-0.25, -0.2) is 9.37 Å². The molecule has 2 atom stereocenters. The number of aromatic nitrogens is 1. The van der Waals surface area contributed by atoms with Gasteiger partial charge in [0.15, 0.2) is 0 Å². The normalized spacial score (nSPS) is 22.7. The third kappa shape index (κ3) is 5.46. The maximum Gasteiger partial charge on any atom is 0.261 e. The van der Waals surface area contributed by atoms with E-state index in [-0.39, 0.29) is 48.2 Å². The van der Waals surface area contributed by atoms with E-state index >= 15 is 4.39 Å². The summed E-state index contributed by atoms with van der Waals surface area (Å²) < 4.78 is 33.6. The second kappa shape index (κ2) is 12.1. The lowest BCUT2D eigenvalue weighted by molar-refractivity contribution is -0.128. The molecule has 45 heavy (non-hydrogen) atoms. The predicted octanol–water partition coefficient (Wildman–Crippen LogP) is 3.68. The Hall–Kier alpha value is -3.96. The SMILES string of the molecule is C=CCOc1cccc(F)c1-c1nc(N2CC(N(C)C3COC3)CC2(C)C)c2c(c1C)OC[C@H]1CN(C(=O)C=C)CCN1C2=O. The zero-order valence-electron chi connectivity index (χ0n) is 26.6. The van der Waals surface area contributed by atoms with Crippen LogP contribution in [0.2, 0.25) is 0 Å². The number of hydrogen-bond acceptors (Lipinski definition) is 8. The first-order chi connectivity index (χ1) is 21.6. The minimum absolute atomic E-state index is 0.178. The van der Waals surface area contributed by atoms with Crippen LogP contribution < -0.4 is 14.4 Å². The van der Waals surface area contributed by atoms with Gasteiger partial charge in [0.25, 0.3) is 5.91 Å². The lowest BCUT2D eigenvalue weighted by atomic mass is 9.97. The average Bonchev–Trinajstić information content (AvgIpc) is 3.24. The van der Waals surface area contributed by atoms with Crippen LogP contribution in [0.15, 0.2) is 43.5 Å². The van der Waals surface area contributed by atoms with E-state index in [2.05, 4.69) is 43.9 Å². The fraction of sp³-hybridized carbons (Fsp3) is 0.500. The largest absolute Gasteiger partial charge is 0.490 e. The summed E-state index contributed by atoms with van der Waals surface area (Å²) in [6.07, 6.45) is 3.74. The standard InChI is InChI=1S/C34H42FN5O5/c1-7-14-44-26-11-9-10-25(35)28(26)30-21(3)31-29(33(42)39-13-12-38(27(41)8-2)16-23(39)20-45-31)32(36-30)40-17-22(15-34(40,4)5)37(6)24-18-43-19-24/h7-11,22-24H,1-2,12-20H2,3-6H3/t22?,23-/m1/s1. The Labute approximate surface area is 264 Å². The van der Waals surface area contributed by atoms with E-state index in [1.165, 1.54) is 12.1 Å². The van der Waals surface area contributed by atoms with Crippen LogP contribution in [0.4, 0.5) is 10.2 Å². The molecule has 0 radical (unpaired) electrons. The van der Waals surface area contributed by atoms with Crippen LogP contribution >= 0.6 is 0 Å². The number of nitrogens with zero attached hydrogens (tertiary/aromatic N) is 5. The van der Waals surface area contributed by atoms with Crippen LogP contribution in [-0.4, -0.2) is 115 Å². The first-order valence-corrected chi connectivity index (χ1v) is 15.5. The van der Waals surface area contributed by atoms with Crippen molar-refractivity contribution in [1.82, 2.24) is 19.7 Å². The number of carbonyl (C=O) groups is 2. The van der Waals surface area contributed by atoms with E-state index < -0.39 is 5.82 Å². The molecular weight excluding hydrogens is 577 g/mol. The fourth-order valence-electron chi connectivity index (χ4n) is 6.99. The van der Waals surface area contributed by atoms with E-state index in [9.17, 15) is 9.59 Å². The first kappa shape index (κ1) is 31.0. The number of carbonyl (C=O) groups excluding carboxylic acids is 2. The summed E-state index contributed by atoms with van der Waals surface area (Å²) in [5.74, 6) is 0.306. The minimum atomic E-state index is -0.489. The maximum absolute atomic E-state index is 15.7. The quantitative estimate of drug-likeness (QED) is 0.327. The molecule has 0 bridgehead atoms. The first-order valence-electron chi connectivity index (χ1n) is 15.5. The second-order valence-electron chi connectivity index (χ2n) is 12.9. The number of hydrogen-bond donors (Lipinski definition) is 0. The van der Waals surface area contributed by atoms with Gasteiger partial charge in [-0.2, -0.15) is 0 Å². The number of fused-ring (bicyclic) bond motifs is 2. The molecule has 2 amide bonds. The van der Waals surface area contributed by atoms with Crippen LogP contribution in [0.1, 0.15) is 36.2 Å². The molecule has 5 heterocycles. The average molecular weight is 620 g/mol. The third-order valence-electron chi connectivity index (χ3n) is 9.68. The Balaban J connectivity index is 1.50. The van der Waals surface area contributed by atoms with Gasteiger partial charge in [0.1, 0.15) is 41.9 Å². The summed E-state index contributed by atoms with van der Waals surface area (Å²) in [7, 11) is 2.12. The Morgan fingerprint density at radius 3 is 2.64 bits per heavy atom. The molecule has 11 heteroatoms.